The van der Waals surface area contributed by atoms with Crippen LogP contribution >= 0.6 is 0 Å². The molecule has 10 nitrogen and oxygen atoms in total. The number of carbonyl (C=O) groups excluding carboxylic acids is 2. The van der Waals surface area contributed by atoms with Gasteiger partial charge in [-0.05, 0) is 38.6 Å². The molecular formula is C21H36N4O6. The second kappa shape index (κ2) is 10.5. The fourth-order valence-corrected chi connectivity index (χ4v) is 4.99. The smallest absolute Gasteiger partial charge is 0.249 e. The molecule has 2 amide bonds. The van der Waals surface area contributed by atoms with Crippen molar-refractivity contribution in [1.29, 1.82) is 0 Å². The summed E-state index contributed by atoms with van der Waals surface area (Å²) in [5, 5.41) is 26.9. The van der Waals surface area contributed by atoms with E-state index in [2.05, 4.69) is 15.5 Å². The molecular weight excluding hydrogens is 404 g/mol. The van der Waals surface area contributed by atoms with E-state index in [1.54, 1.807) is 0 Å². The van der Waals surface area contributed by atoms with Crippen LogP contribution in [0.25, 0.3) is 0 Å². The molecule has 0 aliphatic carbocycles. The standard InChI is InChI=1S/C21H36N4O6/c26-18(25-9-7-24(8-10-25)17-5-1-2-6-22-17)12-15-19(27)20(28)16(31-15)13-23-21(29)14-4-3-11-30-14/h14-17,19-20,22,27-28H,1-13H2,(H,23,29)/t14?,15-,16-,17?,19+,20-/m1/s1. The lowest BCUT2D eigenvalue weighted by molar-refractivity contribution is -0.138. The van der Waals surface area contributed by atoms with Crippen molar-refractivity contribution in [2.75, 3.05) is 45.9 Å². The summed E-state index contributed by atoms with van der Waals surface area (Å²) in [6.45, 7) is 4.69. The van der Waals surface area contributed by atoms with E-state index in [4.69, 9.17) is 9.47 Å². The van der Waals surface area contributed by atoms with Crippen LogP contribution in [-0.2, 0) is 19.1 Å². The predicted molar refractivity (Wildman–Crippen MR) is 111 cm³/mol. The van der Waals surface area contributed by atoms with Crippen LogP contribution in [0.5, 0.6) is 0 Å². The van der Waals surface area contributed by atoms with Crippen molar-refractivity contribution in [2.45, 2.75) is 75.2 Å². The first-order valence-corrected chi connectivity index (χ1v) is 11.7. The zero-order chi connectivity index (χ0) is 21.8. The number of amides is 2. The van der Waals surface area contributed by atoms with Crippen LogP contribution in [0, 0.1) is 0 Å². The summed E-state index contributed by atoms with van der Waals surface area (Å²) < 4.78 is 11.1. The van der Waals surface area contributed by atoms with Gasteiger partial charge in [0.2, 0.25) is 11.8 Å². The van der Waals surface area contributed by atoms with E-state index in [1.165, 1.54) is 12.8 Å². The van der Waals surface area contributed by atoms with E-state index < -0.39 is 30.5 Å². The SMILES string of the molecule is O=C(NC[C@H]1O[C@H](CC(=O)N2CCN(C3CCCCN3)CC2)[C@H](O)[C@@H]1O)C1CCCO1. The zero-order valence-electron chi connectivity index (χ0n) is 18.1. The third-order valence-electron chi connectivity index (χ3n) is 6.93. The van der Waals surface area contributed by atoms with Gasteiger partial charge in [-0.1, -0.05) is 0 Å². The molecule has 10 heteroatoms. The average molecular weight is 441 g/mol. The number of ether oxygens (including phenoxy) is 2. The Morgan fingerprint density at radius 3 is 2.45 bits per heavy atom. The Bertz CT molecular complexity index is 617. The van der Waals surface area contributed by atoms with Crippen molar-refractivity contribution in [2.24, 2.45) is 0 Å². The summed E-state index contributed by atoms with van der Waals surface area (Å²) in [4.78, 5) is 29.1. The first-order chi connectivity index (χ1) is 15.0. The number of carbonyl (C=O) groups is 2. The highest BCUT2D eigenvalue weighted by molar-refractivity contribution is 5.81. The van der Waals surface area contributed by atoms with Crippen molar-refractivity contribution >= 4 is 11.8 Å². The number of nitrogens with zero attached hydrogens (tertiary/aromatic N) is 2. The number of nitrogens with one attached hydrogen (secondary N) is 2. The molecule has 0 spiro atoms. The molecule has 0 aromatic rings. The summed E-state index contributed by atoms with van der Waals surface area (Å²) in [5.41, 5.74) is 0. The van der Waals surface area contributed by atoms with Gasteiger partial charge in [0.25, 0.3) is 0 Å². The lowest BCUT2D eigenvalue weighted by Gasteiger charge is -2.41. The summed E-state index contributed by atoms with van der Waals surface area (Å²) in [5.74, 6) is -0.302. The number of aliphatic hydroxyl groups excluding tert-OH is 2. The average Bonchev–Trinajstić information content (AvgIpc) is 3.43. The van der Waals surface area contributed by atoms with Gasteiger partial charge >= 0.3 is 0 Å². The highest BCUT2D eigenvalue weighted by Crippen LogP contribution is 2.25. The van der Waals surface area contributed by atoms with E-state index in [-0.39, 0.29) is 24.8 Å². The Morgan fingerprint density at radius 1 is 1.00 bits per heavy atom. The fourth-order valence-electron chi connectivity index (χ4n) is 4.99. The molecule has 0 aromatic heterocycles. The molecule has 4 fully saturated rings. The van der Waals surface area contributed by atoms with Gasteiger partial charge in [-0.15, -0.1) is 0 Å². The summed E-state index contributed by atoms with van der Waals surface area (Å²) >= 11 is 0. The fraction of sp³-hybridized carbons (Fsp3) is 0.905. The number of piperidine rings is 1. The van der Waals surface area contributed by atoms with Crippen LogP contribution in [-0.4, -0.2) is 114 Å². The van der Waals surface area contributed by atoms with Gasteiger partial charge in [0, 0.05) is 39.3 Å². The van der Waals surface area contributed by atoms with E-state index in [9.17, 15) is 19.8 Å². The predicted octanol–water partition coefficient (Wildman–Crippen LogP) is -1.60. The topological polar surface area (TPSA) is 124 Å². The van der Waals surface area contributed by atoms with Crippen LogP contribution in [0.3, 0.4) is 0 Å². The highest BCUT2D eigenvalue weighted by atomic mass is 16.5. The Morgan fingerprint density at radius 2 is 1.77 bits per heavy atom. The molecule has 31 heavy (non-hydrogen) atoms. The van der Waals surface area contributed by atoms with Crippen molar-refractivity contribution in [3.8, 4) is 0 Å². The molecule has 4 rings (SSSR count). The second-order valence-corrected chi connectivity index (χ2v) is 9.03. The number of piperazine rings is 1. The zero-order valence-corrected chi connectivity index (χ0v) is 18.1. The van der Waals surface area contributed by atoms with Crippen LogP contribution in [0.1, 0.15) is 38.5 Å². The van der Waals surface area contributed by atoms with Crippen LogP contribution < -0.4 is 10.6 Å². The van der Waals surface area contributed by atoms with Gasteiger partial charge in [0.05, 0.1) is 18.7 Å². The highest BCUT2D eigenvalue weighted by Gasteiger charge is 2.44. The molecule has 4 N–H and O–H groups in total. The van der Waals surface area contributed by atoms with Crippen molar-refractivity contribution in [3.63, 3.8) is 0 Å². The maximum absolute atomic E-state index is 12.8. The molecule has 4 saturated heterocycles. The van der Waals surface area contributed by atoms with Gasteiger partial charge < -0.3 is 35.2 Å². The molecule has 4 aliphatic rings. The monoisotopic (exact) mass is 440 g/mol. The van der Waals surface area contributed by atoms with Gasteiger partial charge in [0.1, 0.15) is 24.4 Å². The Labute approximate surface area is 183 Å². The van der Waals surface area contributed by atoms with Gasteiger partial charge in [-0.3, -0.25) is 14.5 Å². The molecule has 0 bridgehead atoms. The molecule has 0 aromatic carbocycles. The van der Waals surface area contributed by atoms with Gasteiger partial charge in [-0.25, -0.2) is 0 Å². The molecule has 176 valence electrons. The second-order valence-electron chi connectivity index (χ2n) is 9.03. The maximum atomic E-state index is 12.8. The Kier molecular flexibility index (Phi) is 7.78. The lowest BCUT2D eigenvalue weighted by atomic mass is 10.0. The third-order valence-corrected chi connectivity index (χ3v) is 6.93. The van der Waals surface area contributed by atoms with Gasteiger partial charge in [-0.2, -0.15) is 0 Å². The van der Waals surface area contributed by atoms with E-state index in [0.717, 1.165) is 32.5 Å². The van der Waals surface area contributed by atoms with E-state index in [0.29, 0.717) is 32.3 Å². The van der Waals surface area contributed by atoms with E-state index in [1.807, 2.05) is 4.90 Å². The summed E-state index contributed by atoms with van der Waals surface area (Å²) in [7, 11) is 0. The van der Waals surface area contributed by atoms with Crippen LogP contribution in [0.15, 0.2) is 0 Å². The van der Waals surface area contributed by atoms with E-state index >= 15 is 0 Å². The molecule has 0 saturated carbocycles. The van der Waals surface area contributed by atoms with Crippen molar-refractivity contribution in [1.82, 2.24) is 20.4 Å². The number of rotatable bonds is 6. The normalized spacial score (nSPS) is 37.2. The van der Waals surface area contributed by atoms with Crippen molar-refractivity contribution < 1.29 is 29.3 Å². The first-order valence-electron chi connectivity index (χ1n) is 11.7. The number of hydrogen-bond donors (Lipinski definition) is 4. The van der Waals surface area contributed by atoms with Crippen LogP contribution in [0.2, 0.25) is 0 Å². The van der Waals surface area contributed by atoms with Crippen LogP contribution in [0.4, 0.5) is 0 Å². The minimum absolute atomic E-state index is 0.0239. The summed E-state index contributed by atoms with van der Waals surface area (Å²) in [6.07, 6.45) is 1.33. The molecule has 2 unspecified atom stereocenters. The molecule has 0 radical (unpaired) electrons. The minimum atomic E-state index is -1.15. The maximum Gasteiger partial charge on any atom is 0.249 e. The number of hydrogen-bond acceptors (Lipinski definition) is 8. The molecule has 6 atom stereocenters. The lowest BCUT2D eigenvalue weighted by Crippen LogP contribution is -2.57. The largest absolute Gasteiger partial charge is 0.388 e. The quantitative estimate of drug-likeness (QED) is 0.390. The Balaban J connectivity index is 1.20. The van der Waals surface area contributed by atoms with Gasteiger partial charge in [0.15, 0.2) is 0 Å². The minimum Gasteiger partial charge on any atom is -0.388 e. The molecule has 4 heterocycles. The summed E-state index contributed by atoms with van der Waals surface area (Å²) in [6, 6.07) is 0. The Hall–Kier alpha value is -1.30. The molecule has 4 aliphatic heterocycles. The number of aliphatic hydroxyl groups is 2. The van der Waals surface area contributed by atoms with Crippen molar-refractivity contribution in [3.05, 3.63) is 0 Å². The first kappa shape index (κ1) is 22.9. The third kappa shape index (κ3) is 5.55.